The molecule has 0 radical (unpaired) electrons. The number of rotatable bonds is 5. The molecule has 0 aliphatic carbocycles. The van der Waals surface area contributed by atoms with Gasteiger partial charge in [-0.1, -0.05) is 39.0 Å². The predicted molar refractivity (Wildman–Crippen MR) is 111 cm³/mol. The quantitative estimate of drug-likeness (QED) is 0.704. The highest BCUT2D eigenvalue weighted by Crippen LogP contribution is 2.23. The van der Waals surface area contributed by atoms with Crippen LogP contribution in [0.3, 0.4) is 0 Å². The van der Waals surface area contributed by atoms with E-state index in [2.05, 4.69) is 31.1 Å². The van der Waals surface area contributed by atoms with Crippen LogP contribution in [-0.4, -0.2) is 22.6 Å². The van der Waals surface area contributed by atoms with Crippen molar-refractivity contribution in [3.05, 3.63) is 64.1 Å². The van der Waals surface area contributed by atoms with E-state index in [9.17, 15) is 9.59 Å². The normalized spacial score (nSPS) is 12.8. The third-order valence-corrected chi connectivity index (χ3v) is 4.63. The van der Waals surface area contributed by atoms with E-state index < -0.39 is 0 Å². The summed E-state index contributed by atoms with van der Waals surface area (Å²) in [5, 5.41) is 3.03. The minimum atomic E-state index is -0.212. The molecule has 6 heteroatoms. The summed E-state index contributed by atoms with van der Waals surface area (Å²) in [7, 11) is 1.62. The van der Waals surface area contributed by atoms with Gasteiger partial charge in [-0.2, -0.15) is 0 Å². The first kappa shape index (κ1) is 19.7. The van der Waals surface area contributed by atoms with Crippen molar-refractivity contribution in [3.8, 4) is 5.75 Å². The van der Waals surface area contributed by atoms with Gasteiger partial charge in [0.2, 0.25) is 0 Å². The van der Waals surface area contributed by atoms with Gasteiger partial charge in [0.25, 0.3) is 5.91 Å². The molecule has 1 heterocycles. The van der Waals surface area contributed by atoms with Gasteiger partial charge in [0.05, 0.1) is 29.7 Å². The van der Waals surface area contributed by atoms with Crippen molar-refractivity contribution in [1.82, 2.24) is 14.9 Å². The summed E-state index contributed by atoms with van der Waals surface area (Å²) in [6.45, 7) is 8.63. The SMILES string of the molecule is COc1ccc([C@@H](C)NC(=O)c2cccc3[nH]c(=O)n(CC(C)(C)C)c23)cc1. The fourth-order valence-corrected chi connectivity index (χ4v) is 3.28. The lowest BCUT2D eigenvalue weighted by Crippen LogP contribution is -2.29. The number of benzene rings is 2. The molecule has 2 N–H and O–H groups in total. The average Bonchev–Trinajstić information content (AvgIpc) is 2.95. The first-order valence-electron chi connectivity index (χ1n) is 9.36. The lowest BCUT2D eigenvalue weighted by molar-refractivity contribution is 0.0941. The standard InChI is InChI=1S/C22H27N3O3/c1-14(15-9-11-16(28-5)12-10-15)23-20(26)17-7-6-8-18-19(17)25(21(27)24-18)13-22(2,3)4/h6-12,14H,13H2,1-5H3,(H,23,26)(H,24,27)/t14-/m1/s1. The van der Waals surface area contributed by atoms with E-state index in [0.717, 1.165) is 11.3 Å². The molecule has 0 unspecified atom stereocenters. The molecule has 3 rings (SSSR count). The number of imidazole rings is 1. The Bertz CT molecular complexity index is 1040. The smallest absolute Gasteiger partial charge is 0.326 e. The third-order valence-electron chi connectivity index (χ3n) is 4.63. The number of amides is 1. The average molecular weight is 381 g/mol. The lowest BCUT2D eigenvalue weighted by Gasteiger charge is -2.20. The summed E-state index contributed by atoms with van der Waals surface area (Å²) in [6.07, 6.45) is 0. The van der Waals surface area contributed by atoms with Crippen LogP contribution in [0, 0.1) is 5.41 Å². The maximum atomic E-state index is 13.0. The number of hydrogen-bond acceptors (Lipinski definition) is 3. The van der Waals surface area contributed by atoms with Crippen molar-refractivity contribution in [3.63, 3.8) is 0 Å². The molecule has 0 aliphatic heterocycles. The van der Waals surface area contributed by atoms with Gasteiger partial charge >= 0.3 is 5.69 Å². The largest absolute Gasteiger partial charge is 0.497 e. The van der Waals surface area contributed by atoms with Crippen LogP contribution in [0.1, 0.15) is 49.7 Å². The number of para-hydroxylation sites is 1. The molecule has 28 heavy (non-hydrogen) atoms. The van der Waals surface area contributed by atoms with E-state index in [4.69, 9.17) is 4.74 Å². The van der Waals surface area contributed by atoms with Crippen LogP contribution < -0.4 is 15.7 Å². The number of aromatic nitrogens is 2. The minimum Gasteiger partial charge on any atom is -0.497 e. The fourth-order valence-electron chi connectivity index (χ4n) is 3.28. The van der Waals surface area contributed by atoms with Crippen molar-refractivity contribution in [2.45, 2.75) is 40.3 Å². The topological polar surface area (TPSA) is 76.1 Å². The number of methoxy groups -OCH3 is 1. The number of H-pyrrole nitrogens is 1. The second-order valence-corrected chi connectivity index (χ2v) is 8.25. The van der Waals surface area contributed by atoms with Crippen molar-refractivity contribution < 1.29 is 9.53 Å². The van der Waals surface area contributed by atoms with Gasteiger partial charge in [-0.3, -0.25) is 9.36 Å². The van der Waals surface area contributed by atoms with E-state index in [1.54, 1.807) is 23.8 Å². The molecular weight excluding hydrogens is 354 g/mol. The number of hydrogen-bond donors (Lipinski definition) is 2. The Morgan fingerprint density at radius 2 is 1.86 bits per heavy atom. The van der Waals surface area contributed by atoms with Crippen LogP contribution in [0.4, 0.5) is 0 Å². The van der Waals surface area contributed by atoms with Gasteiger partial charge < -0.3 is 15.0 Å². The Morgan fingerprint density at radius 3 is 2.46 bits per heavy atom. The number of aromatic amines is 1. The number of carbonyl (C=O) groups is 1. The summed E-state index contributed by atoms with van der Waals surface area (Å²) in [5.41, 5.74) is 2.47. The first-order chi connectivity index (χ1) is 13.2. The molecule has 6 nitrogen and oxygen atoms in total. The van der Waals surface area contributed by atoms with Gasteiger partial charge in [0, 0.05) is 6.54 Å². The van der Waals surface area contributed by atoms with E-state index in [0.29, 0.717) is 23.1 Å². The number of ether oxygens (including phenoxy) is 1. The van der Waals surface area contributed by atoms with Crippen LogP contribution in [0.2, 0.25) is 0 Å². The van der Waals surface area contributed by atoms with Crippen molar-refractivity contribution in [1.29, 1.82) is 0 Å². The summed E-state index contributed by atoms with van der Waals surface area (Å²) in [4.78, 5) is 28.3. The summed E-state index contributed by atoms with van der Waals surface area (Å²) in [6, 6.07) is 12.8. The zero-order chi connectivity index (χ0) is 20.5. The number of nitrogens with one attached hydrogen (secondary N) is 2. The van der Waals surface area contributed by atoms with Crippen molar-refractivity contribution in [2.24, 2.45) is 5.41 Å². The Morgan fingerprint density at radius 1 is 1.18 bits per heavy atom. The lowest BCUT2D eigenvalue weighted by atomic mass is 9.96. The molecular formula is C22H27N3O3. The zero-order valence-corrected chi connectivity index (χ0v) is 17.0. The van der Waals surface area contributed by atoms with Gasteiger partial charge in [-0.15, -0.1) is 0 Å². The molecule has 3 aromatic rings. The summed E-state index contributed by atoms with van der Waals surface area (Å²) in [5.74, 6) is 0.557. The monoisotopic (exact) mass is 381 g/mol. The van der Waals surface area contributed by atoms with Crippen molar-refractivity contribution in [2.75, 3.05) is 7.11 Å². The Kier molecular flexibility index (Phi) is 5.31. The van der Waals surface area contributed by atoms with Gasteiger partial charge in [0.1, 0.15) is 5.75 Å². The van der Waals surface area contributed by atoms with E-state index in [1.807, 2.05) is 37.3 Å². The van der Waals surface area contributed by atoms with E-state index in [1.165, 1.54) is 0 Å². The highest BCUT2D eigenvalue weighted by Gasteiger charge is 2.21. The molecule has 1 amide bonds. The fraction of sp³-hybridized carbons (Fsp3) is 0.364. The molecule has 2 aromatic carbocycles. The Hall–Kier alpha value is -3.02. The predicted octanol–water partition coefficient (Wildman–Crippen LogP) is 3.88. The highest BCUT2D eigenvalue weighted by molar-refractivity contribution is 6.05. The van der Waals surface area contributed by atoms with Crippen LogP contribution in [0.5, 0.6) is 5.75 Å². The molecule has 0 saturated carbocycles. The van der Waals surface area contributed by atoms with E-state index in [-0.39, 0.29) is 23.1 Å². The summed E-state index contributed by atoms with van der Waals surface area (Å²) >= 11 is 0. The maximum Gasteiger partial charge on any atom is 0.326 e. The van der Waals surface area contributed by atoms with Gasteiger partial charge in [-0.05, 0) is 42.2 Å². The Labute approximate surface area is 164 Å². The Balaban J connectivity index is 1.93. The van der Waals surface area contributed by atoms with Crippen molar-refractivity contribution >= 4 is 16.9 Å². The maximum absolute atomic E-state index is 13.0. The van der Waals surface area contributed by atoms with Crippen LogP contribution in [0.25, 0.3) is 11.0 Å². The molecule has 0 bridgehead atoms. The minimum absolute atomic E-state index is 0.0983. The molecule has 148 valence electrons. The second kappa shape index (κ2) is 7.54. The number of fused-ring (bicyclic) bond motifs is 1. The second-order valence-electron chi connectivity index (χ2n) is 8.25. The first-order valence-corrected chi connectivity index (χ1v) is 9.36. The van der Waals surface area contributed by atoms with Crippen LogP contribution >= 0.6 is 0 Å². The number of carbonyl (C=O) groups excluding carboxylic acids is 1. The molecule has 1 atom stereocenters. The number of nitrogens with zero attached hydrogens (tertiary/aromatic N) is 1. The van der Waals surface area contributed by atoms with Gasteiger partial charge in [-0.25, -0.2) is 4.79 Å². The van der Waals surface area contributed by atoms with Gasteiger partial charge in [0.15, 0.2) is 0 Å². The molecule has 1 aromatic heterocycles. The van der Waals surface area contributed by atoms with E-state index >= 15 is 0 Å². The molecule has 0 saturated heterocycles. The highest BCUT2D eigenvalue weighted by atomic mass is 16.5. The molecule has 0 spiro atoms. The van der Waals surface area contributed by atoms with Crippen LogP contribution in [0.15, 0.2) is 47.3 Å². The summed E-state index contributed by atoms with van der Waals surface area (Å²) < 4.78 is 6.83. The molecule has 0 aliphatic rings. The third kappa shape index (κ3) is 4.11. The molecule has 0 fully saturated rings. The zero-order valence-electron chi connectivity index (χ0n) is 17.0. The van der Waals surface area contributed by atoms with Crippen LogP contribution in [-0.2, 0) is 6.54 Å².